The van der Waals surface area contributed by atoms with Gasteiger partial charge in [0.1, 0.15) is 11.8 Å². The van der Waals surface area contributed by atoms with Crippen molar-refractivity contribution in [1.82, 2.24) is 19.5 Å². The average molecular weight is 350 g/mol. The van der Waals surface area contributed by atoms with E-state index >= 15 is 0 Å². The van der Waals surface area contributed by atoms with E-state index in [4.69, 9.17) is 10.6 Å². The molecule has 0 radical (unpaired) electrons. The van der Waals surface area contributed by atoms with Gasteiger partial charge in [-0.05, 0) is 18.4 Å². The fourth-order valence-corrected chi connectivity index (χ4v) is 4.06. The molecule has 1 aliphatic heterocycles. The van der Waals surface area contributed by atoms with Crippen LogP contribution in [0.5, 0.6) is 0 Å². The fraction of sp³-hybridized carbons (Fsp3) is 0.333. The summed E-state index contributed by atoms with van der Waals surface area (Å²) < 4.78 is 1.97. The molecule has 5 rings (SSSR count). The molecule has 3 heterocycles. The maximum Gasteiger partial charge on any atom is 0.165 e. The second kappa shape index (κ2) is 5.77. The minimum Gasteiger partial charge on any atom is -0.392 e. The summed E-state index contributed by atoms with van der Waals surface area (Å²) in [4.78, 5) is 18.5. The average Bonchev–Trinajstić information content (AvgIpc) is 3.29. The predicted molar refractivity (Wildman–Crippen MR) is 95.4 cm³/mol. The van der Waals surface area contributed by atoms with Gasteiger partial charge in [0.15, 0.2) is 17.6 Å². The number of fused-ring (bicyclic) bond motifs is 2. The van der Waals surface area contributed by atoms with E-state index in [-0.39, 0.29) is 18.1 Å². The number of aromatic nitrogens is 4. The molecule has 0 spiro atoms. The quantitative estimate of drug-likeness (QED) is 0.725. The molecule has 4 atom stereocenters. The summed E-state index contributed by atoms with van der Waals surface area (Å²) in [6.07, 6.45) is 3.79. The van der Waals surface area contributed by atoms with Gasteiger partial charge in [0.25, 0.3) is 0 Å². The van der Waals surface area contributed by atoms with Crippen molar-refractivity contribution >= 4 is 22.7 Å². The zero-order chi connectivity index (χ0) is 17.7. The van der Waals surface area contributed by atoms with Crippen molar-refractivity contribution in [2.75, 3.05) is 5.73 Å². The zero-order valence-electron chi connectivity index (χ0n) is 13.9. The highest BCUT2D eigenvalue weighted by Crippen LogP contribution is 2.41. The molecular formula is C18H18N6O2. The number of hydrogen-bond acceptors (Lipinski definition) is 7. The van der Waals surface area contributed by atoms with Crippen LogP contribution < -0.4 is 5.73 Å². The molecular weight excluding hydrogens is 332 g/mol. The van der Waals surface area contributed by atoms with E-state index in [1.54, 1.807) is 6.33 Å². The van der Waals surface area contributed by atoms with Gasteiger partial charge in [-0.2, -0.15) is 0 Å². The molecule has 3 N–H and O–H groups in total. The molecule has 2 aromatic heterocycles. The van der Waals surface area contributed by atoms with Gasteiger partial charge in [0, 0.05) is 0 Å². The first kappa shape index (κ1) is 15.3. The Kier molecular flexibility index (Phi) is 3.39. The van der Waals surface area contributed by atoms with Crippen molar-refractivity contribution in [1.29, 1.82) is 0 Å². The highest BCUT2D eigenvalue weighted by atomic mass is 16.6. The lowest BCUT2D eigenvalue weighted by molar-refractivity contribution is -0.0444. The lowest BCUT2D eigenvalue weighted by atomic mass is 9.77. The largest absolute Gasteiger partial charge is 0.392 e. The molecule has 0 unspecified atom stereocenters. The summed E-state index contributed by atoms with van der Waals surface area (Å²) in [5.41, 5.74) is 8.93. The van der Waals surface area contributed by atoms with Crippen LogP contribution >= 0.6 is 0 Å². The van der Waals surface area contributed by atoms with Crippen LogP contribution in [0.4, 0.5) is 5.82 Å². The number of oxime groups is 1. The first-order valence-corrected chi connectivity index (χ1v) is 8.64. The number of nitrogens with two attached hydrogens (primary N) is 1. The number of nitrogen functional groups attached to an aromatic ring is 1. The van der Waals surface area contributed by atoms with Crippen LogP contribution in [0.15, 0.2) is 48.1 Å². The maximum atomic E-state index is 10.7. The number of aliphatic hydroxyl groups excluding tert-OH is 1. The molecule has 26 heavy (non-hydrogen) atoms. The van der Waals surface area contributed by atoms with Crippen LogP contribution in [-0.4, -0.2) is 42.5 Å². The van der Waals surface area contributed by atoms with Crippen molar-refractivity contribution in [2.45, 2.75) is 31.1 Å². The summed E-state index contributed by atoms with van der Waals surface area (Å²) in [5.74, 6) is 0.169. The van der Waals surface area contributed by atoms with E-state index < -0.39 is 6.10 Å². The van der Waals surface area contributed by atoms with Crippen molar-refractivity contribution in [3.8, 4) is 0 Å². The van der Waals surface area contributed by atoms with Crippen LogP contribution in [-0.2, 0) is 4.84 Å². The molecule has 0 saturated heterocycles. The van der Waals surface area contributed by atoms with Gasteiger partial charge in [0.2, 0.25) is 0 Å². The van der Waals surface area contributed by atoms with E-state index in [2.05, 4.69) is 20.1 Å². The molecule has 1 aliphatic carbocycles. The summed E-state index contributed by atoms with van der Waals surface area (Å²) in [5, 5.41) is 15.0. The highest BCUT2D eigenvalue weighted by molar-refractivity contribution is 6.03. The van der Waals surface area contributed by atoms with Gasteiger partial charge in [0.05, 0.1) is 30.1 Å². The first-order chi connectivity index (χ1) is 12.7. The number of aliphatic hydroxyl groups is 1. The van der Waals surface area contributed by atoms with Crippen molar-refractivity contribution < 1.29 is 9.94 Å². The molecule has 0 bridgehead atoms. The first-order valence-electron chi connectivity index (χ1n) is 8.64. The Morgan fingerprint density at radius 3 is 2.81 bits per heavy atom. The third-order valence-electron chi connectivity index (χ3n) is 5.31. The number of imidazole rings is 1. The topological polar surface area (TPSA) is 111 Å². The number of nitrogens with zero attached hydrogens (tertiary/aromatic N) is 5. The minimum atomic E-state index is -0.493. The Morgan fingerprint density at radius 2 is 1.96 bits per heavy atom. The van der Waals surface area contributed by atoms with Gasteiger partial charge < -0.3 is 20.2 Å². The number of anilines is 1. The Hall–Kier alpha value is -3.00. The minimum absolute atomic E-state index is 0.0346. The van der Waals surface area contributed by atoms with Gasteiger partial charge in [-0.25, -0.2) is 15.0 Å². The Balaban J connectivity index is 1.54. The number of rotatable bonds is 2. The zero-order valence-corrected chi connectivity index (χ0v) is 13.9. The lowest BCUT2D eigenvalue weighted by Gasteiger charge is -2.36. The molecule has 8 nitrogen and oxygen atoms in total. The van der Waals surface area contributed by atoms with Crippen molar-refractivity contribution in [2.24, 2.45) is 11.1 Å². The second-order valence-corrected chi connectivity index (χ2v) is 6.73. The molecule has 8 heteroatoms. The molecule has 1 fully saturated rings. The summed E-state index contributed by atoms with van der Waals surface area (Å²) in [6.45, 7) is 0. The monoisotopic (exact) mass is 350 g/mol. The summed E-state index contributed by atoms with van der Waals surface area (Å²) in [6, 6.07) is 9.82. The molecule has 1 aromatic carbocycles. The van der Waals surface area contributed by atoms with E-state index in [9.17, 15) is 5.11 Å². The Labute approximate surface area is 149 Å². The van der Waals surface area contributed by atoms with Crippen LogP contribution in [0.3, 0.4) is 0 Å². The molecule has 2 aliphatic rings. The second-order valence-electron chi connectivity index (χ2n) is 6.73. The van der Waals surface area contributed by atoms with Crippen LogP contribution in [0.25, 0.3) is 11.2 Å². The van der Waals surface area contributed by atoms with Gasteiger partial charge in [-0.3, -0.25) is 0 Å². The predicted octanol–water partition coefficient (Wildman–Crippen LogP) is 1.52. The van der Waals surface area contributed by atoms with E-state index in [0.29, 0.717) is 23.4 Å². The van der Waals surface area contributed by atoms with Gasteiger partial charge >= 0.3 is 0 Å². The van der Waals surface area contributed by atoms with Gasteiger partial charge in [-0.15, -0.1) is 0 Å². The van der Waals surface area contributed by atoms with Crippen molar-refractivity contribution in [3.63, 3.8) is 0 Å². The van der Waals surface area contributed by atoms with Gasteiger partial charge in [-0.1, -0.05) is 35.5 Å². The molecule has 132 valence electrons. The van der Waals surface area contributed by atoms with Crippen LogP contribution in [0.1, 0.15) is 24.4 Å². The smallest absolute Gasteiger partial charge is 0.165 e. The van der Waals surface area contributed by atoms with E-state index in [1.807, 2.05) is 34.9 Å². The van der Waals surface area contributed by atoms with Crippen LogP contribution in [0.2, 0.25) is 0 Å². The fourth-order valence-electron chi connectivity index (χ4n) is 4.06. The summed E-state index contributed by atoms with van der Waals surface area (Å²) >= 11 is 0. The molecule has 3 aromatic rings. The molecule has 1 saturated carbocycles. The number of hydrogen-bond donors (Lipinski definition) is 2. The lowest BCUT2D eigenvalue weighted by Crippen LogP contribution is -2.44. The summed E-state index contributed by atoms with van der Waals surface area (Å²) in [7, 11) is 0. The standard InChI is InChI=1S/C18H18N6O2/c19-17-15-18(21-8-20-17)24(9-22-15)11-6-7-12(25)13-14(23-26-16(11)13)10-4-2-1-3-5-10/h1-5,8-9,11-13,16,25H,6-7H2,(H2,19,20,21)/t11-,12+,13+,16+/m1/s1. The Morgan fingerprint density at radius 1 is 1.12 bits per heavy atom. The van der Waals surface area contributed by atoms with E-state index in [1.165, 1.54) is 6.33 Å². The maximum absolute atomic E-state index is 10.7. The Bertz CT molecular complexity index is 986. The number of benzene rings is 1. The normalized spacial score (nSPS) is 27.8. The van der Waals surface area contributed by atoms with Crippen molar-refractivity contribution in [3.05, 3.63) is 48.5 Å². The third-order valence-corrected chi connectivity index (χ3v) is 5.31. The van der Waals surface area contributed by atoms with Crippen LogP contribution in [0, 0.1) is 5.92 Å². The highest BCUT2D eigenvalue weighted by Gasteiger charge is 2.48. The third kappa shape index (κ3) is 2.19. The van der Waals surface area contributed by atoms with E-state index in [0.717, 1.165) is 17.7 Å². The molecule has 0 amide bonds. The SMILES string of the molecule is Nc1ncnc2c1ncn2[C@@H]1CC[C@H](O)[C@H]2C(c3ccccc3)=NO[C@H]21.